The minimum Gasteiger partial charge on any atom is 0 e. The van der Waals surface area contributed by atoms with Gasteiger partial charge in [-0.05, 0) is 0 Å². The van der Waals surface area contributed by atoms with E-state index in [2.05, 4.69) is 0 Å². The third kappa shape index (κ3) is 18.3. The number of hydrogen-bond acceptors (Lipinski definition) is 0. The van der Waals surface area contributed by atoms with Gasteiger partial charge in [-0.2, -0.15) is 0 Å². The van der Waals surface area contributed by atoms with Crippen LogP contribution in [0, 0.1) is 0 Å². The van der Waals surface area contributed by atoms with Gasteiger partial charge >= 0.3 is 0 Å². The average Bonchev–Trinajstić information content (AvgIpc) is 0. The zero-order valence-corrected chi connectivity index (χ0v) is 12.6. The van der Waals surface area contributed by atoms with Crippen molar-refractivity contribution >= 4 is 51.2 Å². The van der Waals surface area contributed by atoms with Gasteiger partial charge in [-0.15, -0.1) is 0 Å². The molecular formula is Ag2CuPbSn. The molecule has 0 aliphatic rings. The Hall–Kier alpha value is 3.72. The standard InChI is InChI=1S/2Ag.Cu.Pb.Sn. The van der Waals surface area contributed by atoms with Crippen molar-refractivity contribution < 1.29 is 61.8 Å². The summed E-state index contributed by atoms with van der Waals surface area (Å²) in [5.41, 5.74) is 0. The number of hydrogen-bond donors (Lipinski definition) is 0. The molecule has 0 fully saturated rings. The van der Waals surface area contributed by atoms with E-state index in [0.717, 1.165) is 0 Å². The fraction of sp³-hybridized carbons (Fsp3) is 0. The van der Waals surface area contributed by atoms with E-state index >= 15 is 0 Å². The molecule has 0 aromatic rings. The third-order valence-electron chi connectivity index (χ3n) is 0. The first-order valence-electron chi connectivity index (χ1n) is 0. The van der Waals surface area contributed by atoms with Crippen LogP contribution < -0.4 is 0 Å². The van der Waals surface area contributed by atoms with E-state index in [9.17, 15) is 0 Å². The molecule has 0 atom stereocenters. The van der Waals surface area contributed by atoms with Crippen molar-refractivity contribution in [3.63, 3.8) is 0 Å². The van der Waals surface area contributed by atoms with E-state index < -0.39 is 0 Å². The van der Waals surface area contributed by atoms with Gasteiger partial charge in [0.25, 0.3) is 0 Å². The fourth-order valence-electron chi connectivity index (χ4n) is 0. The van der Waals surface area contributed by atoms with Crippen molar-refractivity contribution in [3.05, 3.63) is 0 Å². The third-order valence-corrected chi connectivity index (χ3v) is 0. The molecule has 5 heteroatoms. The van der Waals surface area contributed by atoms with Gasteiger partial charge in [-0.1, -0.05) is 0 Å². The molecule has 0 bridgehead atoms. The summed E-state index contributed by atoms with van der Waals surface area (Å²) in [4.78, 5) is 0. The predicted octanol–water partition coefficient (Wildman–Crippen LogP) is -0.769. The monoisotopic (exact) mass is 605 g/mol. The van der Waals surface area contributed by atoms with Crippen molar-refractivity contribution in [2.24, 2.45) is 0 Å². The van der Waals surface area contributed by atoms with Gasteiger partial charge < -0.3 is 0 Å². The van der Waals surface area contributed by atoms with Gasteiger partial charge in [0.1, 0.15) is 0 Å². The molecule has 0 rings (SSSR count). The second-order valence-electron chi connectivity index (χ2n) is 0. The molecule has 0 saturated carbocycles. The largest absolute Gasteiger partial charge is 0 e. The van der Waals surface area contributed by atoms with Crippen LogP contribution in [0.1, 0.15) is 0 Å². The molecule has 0 nitrogen and oxygen atoms in total. The number of rotatable bonds is 0. The quantitative estimate of drug-likeness (QED) is 0.319. The summed E-state index contributed by atoms with van der Waals surface area (Å²) in [6.45, 7) is 0. The van der Waals surface area contributed by atoms with Crippen LogP contribution >= 0.6 is 0 Å². The molecule has 0 aliphatic heterocycles. The average molecular weight is 605 g/mol. The molecule has 0 amide bonds. The fourth-order valence-corrected chi connectivity index (χ4v) is 0. The van der Waals surface area contributed by atoms with Crippen molar-refractivity contribution in [3.8, 4) is 0 Å². The molecule has 0 unspecified atom stereocenters. The molecule has 5 heavy (non-hydrogen) atoms. The Labute approximate surface area is 111 Å². The van der Waals surface area contributed by atoms with Crippen LogP contribution in [0.25, 0.3) is 0 Å². The minimum absolute atomic E-state index is 0. The van der Waals surface area contributed by atoms with Crippen molar-refractivity contribution in [1.29, 1.82) is 0 Å². The molecule has 41 valence electrons. The van der Waals surface area contributed by atoms with Gasteiger partial charge in [0.05, 0.1) is 0 Å². The van der Waals surface area contributed by atoms with Gasteiger partial charge in [-0.25, -0.2) is 0 Å². The molecule has 0 aliphatic carbocycles. The second-order valence-corrected chi connectivity index (χ2v) is 0. The first-order chi connectivity index (χ1) is 0. The molecule has 11 radical (unpaired) electrons. The van der Waals surface area contributed by atoms with E-state index in [0.29, 0.717) is 0 Å². The molecule has 0 saturated heterocycles. The summed E-state index contributed by atoms with van der Waals surface area (Å²) < 4.78 is 0. The Balaban J connectivity index is 0. The van der Waals surface area contributed by atoms with E-state index in [1.807, 2.05) is 0 Å². The van der Waals surface area contributed by atoms with E-state index in [1.54, 1.807) is 0 Å². The molecule has 0 N–H and O–H groups in total. The summed E-state index contributed by atoms with van der Waals surface area (Å²) in [5.74, 6) is 0. The molecule has 0 heterocycles. The topological polar surface area (TPSA) is 0 Å². The summed E-state index contributed by atoms with van der Waals surface area (Å²) in [6, 6.07) is 0. The van der Waals surface area contributed by atoms with Gasteiger partial charge in [0, 0.05) is 113 Å². The predicted molar refractivity (Wildman–Crippen MR) is 11.5 cm³/mol. The van der Waals surface area contributed by atoms with Crippen molar-refractivity contribution in [2.75, 3.05) is 0 Å². The Morgan fingerprint density at radius 3 is 0.800 bits per heavy atom. The summed E-state index contributed by atoms with van der Waals surface area (Å²) in [5, 5.41) is 0. The molecule has 0 aromatic heterocycles. The van der Waals surface area contributed by atoms with Gasteiger partial charge in [0.2, 0.25) is 0 Å². The molecule has 0 spiro atoms. The first kappa shape index (κ1) is 37.5. The normalized spacial score (nSPS) is 0. The van der Waals surface area contributed by atoms with E-state index in [4.69, 9.17) is 0 Å². The van der Waals surface area contributed by atoms with Crippen LogP contribution in [-0.2, 0) is 61.8 Å². The van der Waals surface area contributed by atoms with Crippen LogP contribution in [0.2, 0.25) is 0 Å². The maximum Gasteiger partial charge on any atom is 0 e. The van der Waals surface area contributed by atoms with Crippen molar-refractivity contribution in [1.82, 2.24) is 0 Å². The Morgan fingerprint density at radius 2 is 0.800 bits per heavy atom. The molecule has 0 aromatic carbocycles. The first-order valence-corrected chi connectivity index (χ1v) is 0. The van der Waals surface area contributed by atoms with Crippen LogP contribution in [0.15, 0.2) is 0 Å². The maximum absolute atomic E-state index is 0. The zero-order chi connectivity index (χ0) is 0. The Kier molecular flexibility index (Phi) is 189. The zero-order valence-electron chi connectivity index (χ0n) is 1.90. The minimum atomic E-state index is 0. The summed E-state index contributed by atoms with van der Waals surface area (Å²) >= 11 is 0. The Bertz CT molecular complexity index is 9.61. The Morgan fingerprint density at radius 1 is 0.800 bits per heavy atom. The van der Waals surface area contributed by atoms with E-state index in [-0.39, 0.29) is 113 Å². The van der Waals surface area contributed by atoms with Crippen molar-refractivity contribution in [2.45, 2.75) is 0 Å². The van der Waals surface area contributed by atoms with Gasteiger partial charge in [-0.3, -0.25) is 0 Å². The van der Waals surface area contributed by atoms with Crippen LogP contribution in [-0.4, -0.2) is 51.2 Å². The molecular weight excluding hydrogens is 605 g/mol. The second kappa shape index (κ2) is 25.2. The van der Waals surface area contributed by atoms with Gasteiger partial charge in [0.15, 0.2) is 0 Å². The van der Waals surface area contributed by atoms with E-state index in [1.165, 1.54) is 0 Å². The SMILES string of the molecule is [Ag].[Ag].[Cu].[Pb].[Sn]. The smallest absolute Gasteiger partial charge is 0 e. The summed E-state index contributed by atoms with van der Waals surface area (Å²) in [7, 11) is 0. The van der Waals surface area contributed by atoms with Crippen LogP contribution in [0.3, 0.4) is 0 Å². The maximum atomic E-state index is 0. The summed E-state index contributed by atoms with van der Waals surface area (Å²) in [6.07, 6.45) is 0. The van der Waals surface area contributed by atoms with Crippen LogP contribution in [0.4, 0.5) is 0 Å². The van der Waals surface area contributed by atoms with Crippen LogP contribution in [0.5, 0.6) is 0 Å².